The van der Waals surface area contributed by atoms with Crippen LogP contribution in [0, 0.1) is 5.41 Å². The number of nitrogens with one attached hydrogen (secondary N) is 3. The molecule has 0 bridgehead atoms. The van der Waals surface area contributed by atoms with Crippen molar-refractivity contribution in [2.75, 3.05) is 0 Å². The zero-order valence-electron chi connectivity index (χ0n) is 14.4. The van der Waals surface area contributed by atoms with E-state index in [9.17, 15) is 4.79 Å². The Morgan fingerprint density at radius 2 is 1.70 bits per heavy atom. The van der Waals surface area contributed by atoms with E-state index in [2.05, 4.69) is 10.5 Å². The summed E-state index contributed by atoms with van der Waals surface area (Å²) in [6.07, 6.45) is -0.271. The largest absolute Gasteiger partial charge is 0.398 e. The number of hydroxylamine groups is 1. The van der Waals surface area contributed by atoms with Crippen LogP contribution in [0.1, 0.15) is 23.1 Å². The van der Waals surface area contributed by atoms with E-state index in [1.807, 2.05) is 6.07 Å². The normalized spacial score (nSPS) is 12.1. The quantitative estimate of drug-likeness (QED) is 0.128. The van der Waals surface area contributed by atoms with Gasteiger partial charge in [0.1, 0.15) is 0 Å². The van der Waals surface area contributed by atoms with Gasteiger partial charge in [-0.05, 0) is 11.6 Å². The molecule has 27 heavy (non-hydrogen) atoms. The van der Waals surface area contributed by atoms with Crippen molar-refractivity contribution in [3.05, 3.63) is 76.9 Å². The van der Waals surface area contributed by atoms with Crippen LogP contribution in [0.5, 0.6) is 0 Å². The molecular formula is C18H21N7O2. The first-order valence-electron chi connectivity index (χ1n) is 7.93. The summed E-state index contributed by atoms with van der Waals surface area (Å²) in [5.41, 5.74) is 12.4. The lowest BCUT2D eigenvalue weighted by Gasteiger charge is -2.14. The highest BCUT2D eigenvalue weighted by Crippen LogP contribution is 2.21. The standard InChI is InChI=1S/C18H21N7O2/c19-16(11-5-2-1-3-6-11)14(10-15(26)25-27)17(20)12-7-4-8-13(9-12)18(23-21)24-22/h1-9,20,27H,10,19,21-22H2,(H,23,24)(H,25,26)/b16-14-,20-17?. The fraction of sp³-hybridized carbons (Fsp3) is 0.0556. The Bertz CT molecular complexity index is 892. The van der Waals surface area contributed by atoms with Gasteiger partial charge in [-0.1, -0.05) is 48.5 Å². The molecule has 0 saturated heterocycles. The number of amides is 1. The van der Waals surface area contributed by atoms with Gasteiger partial charge in [0.2, 0.25) is 5.91 Å². The zero-order chi connectivity index (χ0) is 19.8. The summed E-state index contributed by atoms with van der Waals surface area (Å²) >= 11 is 0. The van der Waals surface area contributed by atoms with E-state index in [1.54, 1.807) is 54.0 Å². The number of nitrogens with zero attached hydrogens (tertiary/aromatic N) is 1. The molecule has 140 valence electrons. The summed E-state index contributed by atoms with van der Waals surface area (Å²) in [5, 5.41) is 21.0. The van der Waals surface area contributed by atoms with Crippen LogP contribution in [0.4, 0.5) is 0 Å². The van der Waals surface area contributed by atoms with Gasteiger partial charge in [0.15, 0.2) is 5.84 Å². The molecule has 2 aromatic rings. The number of hydrazine groups is 1. The van der Waals surface area contributed by atoms with Crippen LogP contribution in [0.25, 0.3) is 5.70 Å². The summed E-state index contributed by atoms with van der Waals surface area (Å²) in [5.74, 6) is 10.2. The van der Waals surface area contributed by atoms with Gasteiger partial charge in [-0.3, -0.25) is 15.4 Å². The van der Waals surface area contributed by atoms with Crippen LogP contribution in [-0.4, -0.2) is 22.7 Å². The summed E-state index contributed by atoms with van der Waals surface area (Å²) in [7, 11) is 0. The van der Waals surface area contributed by atoms with Crippen LogP contribution in [-0.2, 0) is 4.79 Å². The van der Waals surface area contributed by atoms with Crippen molar-refractivity contribution in [1.82, 2.24) is 10.9 Å². The fourth-order valence-electron chi connectivity index (χ4n) is 2.50. The number of amidine groups is 1. The van der Waals surface area contributed by atoms with Crippen molar-refractivity contribution in [2.24, 2.45) is 22.5 Å². The Labute approximate surface area is 156 Å². The average Bonchev–Trinajstić information content (AvgIpc) is 2.72. The molecule has 0 aliphatic rings. The molecule has 0 unspecified atom stereocenters. The van der Waals surface area contributed by atoms with Gasteiger partial charge in [0.25, 0.3) is 0 Å². The number of nitrogens with two attached hydrogens (primary N) is 3. The van der Waals surface area contributed by atoms with Gasteiger partial charge >= 0.3 is 0 Å². The van der Waals surface area contributed by atoms with Crippen molar-refractivity contribution >= 4 is 23.2 Å². The first-order chi connectivity index (χ1) is 13.0. The van der Waals surface area contributed by atoms with E-state index in [0.29, 0.717) is 16.7 Å². The van der Waals surface area contributed by atoms with Gasteiger partial charge < -0.3 is 17.0 Å². The highest BCUT2D eigenvalue weighted by atomic mass is 16.5. The minimum atomic E-state index is -0.683. The minimum Gasteiger partial charge on any atom is -0.398 e. The van der Waals surface area contributed by atoms with E-state index < -0.39 is 5.91 Å². The first kappa shape index (κ1) is 19.6. The highest BCUT2D eigenvalue weighted by Gasteiger charge is 2.18. The predicted octanol–water partition coefficient (Wildman–Crippen LogP) is 0.404. The maximum absolute atomic E-state index is 11.8. The number of benzene rings is 2. The van der Waals surface area contributed by atoms with Crippen molar-refractivity contribution in [3.63, 3.8) is 0 Å². The second-order valence-electron chi connectivity index (χ2n) is 5.55. The van der Waals surface area contributed by atoms with E-state index in [-0.39, 0.29) is 29.2 Å². The third-order valence-corrected chi connectivity index (χ3v) is 3.86. The molecule has 0 fully saturated rings. The molecule has 0 atom stereocenters. The molecule has 0 aliphatic carbocycles. The molecule has 2 rings (SSSR count). The Morgan fingerprint density at radius 3 is 2.30 bits per heavy atom. The molecule has 10 N–H and O–H groups in total. The van der Waals surface area contributed by atoms with Gasteiger partial charge in [-0.15, -0.1) is 0 Å². The average molecular weight is 367 g/mol. The molecule has 0 saturated carbocycles. The van der Waals surface area contributed by atoms with Crippen molar-refractivity contribution in [1.29, 1.82) is 5.41 Å². The van der Waals surface area contributed by atoms with Crippen molar-refractivity contribution in [3.8, 4) is 0 Å². The Balaban J connectivity index is 2.52. The van der Waals surface area contributed by atoms with E-state index in [4.69, 9.17) is 28.0 Å². The maximum Gasteiger partial charge on any atom is 0.247 e. The van der Waals surface area contributed by atoms with Crippen LogP contribution in [0.2, 0.25) is 0 Å². The lowest BCUT2D eigenvalue weighted by atomic mass is 9.94. The number of carbonyl (C=O) groups excluding carboxylic acids is 1. The van der Waals surface area contributed by atoms with Crippen LogP contribution < -0.4 is 28.3 Å². The van der Waals surface area contributed by atoms with Crippen LogP contribution in [0.15, 0.2) is 65.3 Å². The lowest BCUT2D eigenvalue weighted by Crippen LogP contribution is -2.32. The summed E-state index contributed by atoms with van der Waals surface area (Å²) in [6.45, 7) is 0. The molecule has 0 radical (unpaired) electrons. The molecule has 0 heterocycles. The van der Waals surface area contributed by atoms with E-state index in [0.717, 1.165) is 0 Å². The molecule has 0 spiro atoms. The topological polar surface area (TPSA) is 176 Å². The zero-order valence-corrected chi connectivity index (χ0v) is 14.4. The number of rotatable bonds is 6. The van der Waals surface area contributed by atoms with Gasteiger partial charge in [-0.2, -0.15) is 5.10 Å². The Kier molecular flexibility index (Phi) is 6.64. The predicted molar refractivity (Wildman–Crippen MR) is 103 cm³/mol. The van der Waals surface area contributed by atoms with Crippen LogP contribution in [0.3, 0.4) is 0 Å². The minimum absolute atomic E-state index is 0.0233. The molecule has 1 amide bonds. The summed E-state index contributed by atoms with van der Waals surface area (Å²) < 4.78 is 0. The lowest BCUT2D eigenvalue weighted by molar-refractivity contribution is -0.128. The van der Waals surface area contributed by atoms with Gasteiger partial charge in [0.05, 0.1) is 12.1 Å². The second-order valence-corrected chi connectivity index (χ2v) is 5.55. The van der Waals surface area contributed by atoms with E-state index in [1.165, 1.54) is 0 Å². The number of hydrazone groups is 1. The third kappa shape index (κ3) is 4.69. The summed E-state index contributed by atoms with van der Waals surface area (Å²) in [6, 6.07) is 15.7. The Morgan fingerprint density at radius 1 is 1.07 bits per heavy atom. The van der Waals surface area contributed by atoms with Gasteiger partial charge in [0, 0.05) is 22.4 Å². The summed E-state index contributed by atoms with van der Waals surface area (Å²) in [4.78, 5) is 11.8. The number of carbonyl (C=O) groups is 1. The van der Waals surface area contributed by atoms with E-state index >= 15 is 0 Å². The second kappa shape index (κ2) is 9.13. The molecule has 0 aliphatic heterocycles. The first-order valence-corrected chi connectivity index (χ1v) is 7.93. The molecule has 9 nitrogen and oxygen atoms in total. The monoisotopic (exact) mass is 367 g/mol. The maximum atomic E-state index is 11.8. The molecule has 0 aromatic heterocycles. The number of hydrogen-bond acceptors (Lipinski definition) is 7. The Hall–Kier alpha value is -3.69. The number of hydrogen-bond donors (Lipinski definition) is 7. The third-order valence-electron chi connectivity index (χ3n) is 3.86. The SMILES string of the molecule is N=C(/C(CC(=O)NO)=C(\N)c1ccccc1)c1cccc(/C(=N/N)NN)c1. The highest BCUT2D eigenvalue weighted by molar-refractivity contribution is 6.17. The molecular weight excluding hydrogens is 346 g/mol. The molecule has 2 aromatic carbocycles. The molecule has 9 heteroatoms. The fourth-order valence-corrected chi connectivity index (χ4v) is 2.50. The van der Waals surface area contributed by atoms with Gasteiger partial charge in [-0.25, -0.2) is 11.3 Å². The smallest absolute Gasteiger partial charge is 0.247 e. The van der Waals surface area contributed by atoms with Crippen molar-refractivity contribution in [2.45, 2.75) is 6.42 Å². The van der Waals surface area contributed by atoms with Crippen molar-refractivity contribution < 1.29 is 10.0 Å². The van der Waals surface area contributed by atoms with Crippen LogP contribution >= 0.6 is 0 Å².